The van der Waals surface area contributed by atoms with Crippen LogP contribution in [0.2, 0.25) is 5.02 Å². The normalized spacial score (nSPS) is 10.8. The first-order valence-electron chi connectivity index (χ1n) is 11.1. The number of hydrogen-bond acceptors (Lipinski definition) is 4. The Balaban J connectivity index is 1.85. The second kappa shape index (κ2) is 11.7. The molecule has 1 N–H and O–H groups in total. The summed E-state index contributed by atoms with van der Waals surface area (Å²) in [6.45, 7) is 6.44. The van der Waals surface area contributed by atoms with E-state index in [1.165, 1.54) is 6.07 Å². The molecule has 1 amide bonds. The van der Waals surface area contributed by atoms with Crippen LogP contribution in [-0.2, 0) is 6.54 Å². The van der Waals surface area contributed by atoms with Gasteiger partial charge in [-0.15, -0.1) is 0 Å². The lowest BCUT2D eigenvalue weighted by molar-refractivity contribution is 0.0950. The van der Waals surface area contributed by atoms with Gasteiger partial charge in [0.15, 0.2) is 6.29 Å². The number of carbonyl (C=O) groups is 2. The molecule has 0 fully saturated rings. The van der Waals surface area contributed by atoms with Crippen LogP contribution in [0.15, 0.2) is 54.6 Å². The number of aldehydes is 1. The summed E-state index contributed by atoms with van der Waals surface area (Å²) in [5.74, 6) is 0.219. The van der Waals surface area contributed by atoms with Crippen LogP contribution in [0, 0.1) is 5.82 Å². The Hall–Kier alpha value is -3.38. The third-order valence-electron chi connectivity index (χ3n) is 4.99. The number of hydrogen-bond donors (Lipinski definition) is 1. The fourth-order valence-corrected chi connectivity index (χ4v) is 3.65. The molecule has 0 saturated heterocycles. The Bertz CT molecular complexity index is 1180. The fraction of sp³-hybridized carbons (Fsp3) is 0.259. The number of rotatable bonds is 10. The maximum atomic E-state index is 14.7. The summed E-state index contributed by atoms with van der Waals surface area (Å²) < 4.78 is 26.2. The lowest BCUT2D eigenvalue weighted by atomic mass is 9.99. The van der Waals surface area contributed by atoms with Crippen molar-refractivity contribution < 1.29 is 23.5 Å². The van der Waals surface area contributed by atoms with Crippen molar-refractivity contribution in [2.75, 3.05) is 6.61 Å². The molecule has 7 heteroatoms. The smallest absolute Gasteiger partial charge is 0.253 e. The zero-order valence-electron chi connectivity index (χ0n) is 19.4. The van der Waals surface area contributed by atoms with Crippen molar-refractivity contribution in [3.63, 3.8) is 0 Å². The predicted octanol–water partition coefficient (Wildman–Crippen LogP) is 6.46. The van der Waals surface area contributed by atoms with Gasteiger partial charge in [-0.3, -0.25) is 9.59 Å². The maximum Gasteiger partial charge on any atom is 0.253 e. The van der Waals surface area contributed by atoms with Crippen LogP contribution >= 0.6 is 11.6 Å². The van der Waals surface area contributed by atoms with Crippen LogP contribution in [0.5, 0.6) is 11.5 Å². The van der Waals surface area contributed by atoms with Crippen molar-refractivity contribution in [1.82, 2.24) is 5.32 Å². The molecular formula is C27H27ClFNO4. The topological polar surface area (TPSA) is 64.6 Å². The van der Waals surface area contributed by atoms with Crippen molar-refractivity contribution in [3.05, 3.63) is 82.1 Å². The van der Waals surface area contributed by atoms with E-state index in [1.807, 2.05) is 20.8 Å². The molecule has 0 aromatic heterocycles. The van der Waals surface area contributed by atoms with E-state index in [9.17, 15) is 14.0 Å². The first-order valence-corrected chi connectivity index (χ1v) is 11.5. The number of ether oxygens (including phenoxy) is 2. The fourth-order valence-electron chi connectivity index (χ4n) is 3.40. The third kappa shape index (κ3) is 6.14. The summed E-state index contributed by atoms with van der Waals surface area (Å²) in [6.07, 6.45) is 1.28. The summed E-state index contributed by atoms with van der Waals surface area (Å²) in [5, 5.41) is 3.13. The molecule has 0 saturated carbocycles. The highest BCUT2D eigenvalue weighted by molar-refractivity contribution is 6.34. The average molecular weight is 484 g/mol. The highest BCUT2D eigenvalue weighted by Crippen LogP contribution is 2.30. The molecule has 178 valence electrons. The van der Waals surface area contributed by atoms with E-state index in [1.54, 1.807) is 48.5 Å². The summed E-state index contributed by atoms with van der Waals surface area (Å²) in [6, 6.07) is 14.8. The van der Waals surface area contributed by atoms with Gasteiger partial charge in [0.1, 0.15) is 17.3 Å². The molecule has 0 bridgehead atoms. The predicted molar refractivity (Wildman–Crippen MR) is 131 cm³/mol. The highest BCUT2D eigenvalue weighted by atomic mass is 35.5. The molecule has 3 aromatic carbocycles. The van der Waals surface area contributed by atoms with Gasteiger partial charge in [0.2, 0.25) is 0 Å². The lowest BCUT2D eigenvalue weighted by Crippen LogP contribution is -2.23. The van der Waals surface area contributed by atoms with Crippen molar-refractivity contribution in [1.29, 1.82) is 0 Å². The van der Waals surface area contributed by atoms with Crippen LogP contribution in [0.25, 0.3) is 11.1 Å². The van der Waals surface area contributed by atoms with Gasteiger partial charge in [0, 0.05) is 17.7 Å². The lowest BCUT2D eigenvalue weighted by Gasteiger charge is -2.15. The third-order valence-corrected chi connectivity index (χ3v) is 5.30. The van der Waals surface area contributed by atoms with E-state index in [2.05, 4.69) is 5.32 Å². The molecule has 3 rings (SSSR count). The van der Waals surface area contributed by atoms with E-state index in [4.69, 9.17) is 21.1 Å². The van der Waals surface area contributed by atoms with Crippen LogP contribution in [0.3, 0.4) is 0 Å². The van der Waals surface area contributed by atoms with E-state index in [0.717, 1.165) is 6.42 Å². The molecule has 0 heterocycles. The second-order valence-corrected chi connectivity index (χ2v) is 8.40. The van der Waals surface area contributed by atoms with E-state index < -0.39 is 5.82 Å². The maximum absolute atomic E-state index is 14.7. The number of benzene rings is 3. The van der Waals surface area contributed by atoms with E-state index in [0.29, 0.717) is 46.6 Å². The summed E-state index contributed by atoms with van der Waals surface area (Å²) >= 11 is 6.30. The molecule has 0 unspecified atom stereocenters. The van der Waals surface area contributed by atoms with Crippen LogP contribution < -0.4 is 14.8 Å². The van der Waals surface area contributed by atoms with E-state index in [-0.39, 0.29) is 29.1 Å². The molecule has 0 aliphatic rings. The van der Waals surface area contributed by atoms with Gasteiger partial charge in [0.25, 0.3) is 5.91 Å². The number of amides is 1. The standard InChI is InChI=1S/C27H27ClFNO4/c1-4-12-33-25-11-8-18(22-7-5-6-19(16-31)26(22)29)13-20(25)15-30-27(32)23-10-9-21(14-24(23)28)34-17(2)3/h5-11,13-14,16-17H,4,12,15H2,1-3H3,(H,30,32). The number of carbonyl (C=O) groups excluding carboxylic acids is 2. The molecule has 0 aliphatic heterocycles. The van der Waals surface area contributed by atoms with Crippen molar-refractivity contribution in [2.24, 2.45) is 0 Å². The molecule has 0 aliphatic carbocycles. The summed E-state index contributed by atoms with van der Waals surface area (Å²) in [5.41, 5.74) is 1.84. The van der Waals surface area contributed by atoms with Crippen LogP contribution in [0.4, 0.5) is 4.39 Å². The Labute approximate surface area is 203 Å². The second-order valence-electron chi connectivity index (χ2n) is 7.99. The van der Waals surface area contributed by atoms with Crippen molar-refractivity contribution in [3.8, 4) is 22.6 Å². The largest absolute Gasteiger partial charge is 0.493 e. The summed E-state index contributed by atoms with van der Waals surface area (Å²) in [7, 11) is 0. The summed E-state index contributed by atoms with van der Waals surface area (Å²) in [4.78, 5) is 24.0. The molecule has 0 spiro atoms. The average Bonchev–Trinajstić information content (AvgIpc) is 2.81. The minimum atomic E-state index is -0.592. The Morgan fingerprint density at radius 3 is 2.62 bits per heavy atom. The van der Waals surface area contributed by atoms with Gasteiger partial charge in [-0.1, -0.05) is 36.7 Å². The van der Waals surface area contributed by atoms with Crippen LogP contribution in [0.1, 0.15) is 53.5 Å². The van der Waals surface area contributed by atoms with Gasteiger partial charge in [-0.25, -0.2) is 4.39 Å². The van der Waals surface area contributed by atoms with Crippen molar-refractivity contribution >= 4 is 23.8 Å². The van der Waals surface area contributed by atoms with Crippen molar-refractivity contribution in [2.45, 2.75) is 39.8 Å². The molecule has 0 radical (unpaired) electrons. The van der Waals surface area contributed by atoms with Gasteiger partial charge >= 0.3 is 0 Å². The Kier molecular flexibility index (Phi) is 8.66. The minimum Gasteiger partial charge on any atom is -0.493 e. The molecule has 5 nitrogen and oxygen atoms in total. The monoisotopic (exact) mass is 483 g/mol. The quantitative estimate of drug-likeness (QED) is 0.336. The Morgan fingerprint density at radius 1 is 1.15 bits per heavy atom. The van der Waals surface area contributed by atoms with Gasteiger partial charge in [0.05, 0.1) is 28.9 Å². The molecular weight excluding hydrogens is 457 g/mol. The zero-order chi connectivity index (χ0) is 24.7. The molecule has 0 atom stereocenters. The SMILES string of the molecule is CCCOc1ccc(-c2cccc(C=O)c2F)cc1CNC(=O)c1ccc(OC(C)C)cc1Cl. The first-order chi connectivity index (χ1) is 16.3. The zero-order valence-corrected chi connectivity index (χ0v) is 20.1. The number of nitrogens with one attached hydrogen (secondary N) is 1. The van der Waals surface area contributed by atoms with Crippen LogP contribution in [-0.4, -0.2) is 24.9 Å². The minimum absolute atomic E-state index is 0.0124. The van der Waals surface area contributed by atoms with Gasteiger partial charge in [-0.05, 0) is 62.2 Å². The molecule has 3 aromatic rings. The highest BCUT2D eigenvalue weighted by Gasteiger charge is 2.15. The Morgan fingerprint density at radius 2 is 1.94 bits per heavy atom. The van der Waals surface area contributed by atoms with E-state index >= 15 is 0 Å². The molecule has 34 heavy (non-hydrogen) atoms. The van der Waals surface area contributed by atoms with Gasteiger partial charge in [-0.2, -0.15) is 0 Å². The first kappa shape index (κ1) is 25.2. The van der Waals surface area contributed by atoms with Gasteiger partial charge < -0.3 is 14.8 Å². The number of halogens is 2.